The summed E-state index contributed by atoms with van der Waals surface area (Å²) in [5, 5.41) is 2.63. The molecule has 3 aliphatic rings. The van der Waals surface area contributed by atoms with E-state index < -0.39 is 18.5 Å². The number of allylic oxidation sites excluding steroid dienone is 2. The van der Waals surface area contributed by atoms with Gasteiger partial charge in [0.2, 0.25) is 11.8 Å². The third-order valence-electron chi connectivity index (χ3n) is 7.24. The number of fused-ring (bicyclic) bond motifs is 5. The second-order valence-electron chi connectivity index (χ2n) is 9.22. The van der Waals surface area contributed by atoms with Crippen molar-refractivity contribution in [3.63, 3.8) is 0 Å². The van der Waals surface area contributed by atoms with Crippen molar-refractivity contribution in [2.75, 3.05) is 31.0 Å². The van der Waals surface area contributed by atoms with Gasteiger partial charge in [-0.05, 0) is 55.5 Å². The van der Waals surface area contributed by atoms with Crippen LogP contribution in [-0.2, 0) is 19.1 Å². The van der Waals surface area contributed by atoms with E-state index in [9.17, 15) is 19.2 Å². The van der Waals surface area contributed by atoms with Crippen LogP contribution < -0.4 is 19.7 Å². The van der Waals surface area contributed by atoms with Gasteiger partial charge in [-0.3, -0.25) is 14.4 Å². The van der Waals surface area contributed by atoms with Crippen LogP contribution in [0.2, 0.25) is 0 Å². The molecule has 5 rings (SSSR count). The predicted molar refractivity (Wildman–Crippen MR) is 130 cm³/mol. The summed E-state index contributed by atoms with van der Waals surface area (Å²) < 4.78 is 15.6. The Morgan fingerprint density at radius 3 is 2.56 bits per heavy atom. The first-order valence-electron chi connectivity index (χ1n) is 11.7. The van der Waals surface area contributed by atoms with E-state index in [0.29, 0.717) is 22.9 Å². The number of esters is 1. The number of anilines is 2. The minimum absolute atomic E-state index is 0.0948. The number of methoxy groups -OCH3 is 2. The highest BCUT2D eigenvalue weighted by molar-refractivity contribution is 6.23. The number of carbonyl (C=O) groups is 4. The number of carbonyl (C=O) groups excluding carboxylic acids is 4. The SMILES string of the molecule is COc1ccc(NC(=O)COC(=O)c2cccc(N3C(=O)[C@@H]4[C@H](C3=O)[C@@H]3C[C@@H]4C=C3C)c2)c(OC)c1. The van der Waals surface area contributed by atoms with Crippen LogP contribution in [0.3, 0.4) is 0 Å². The summed E-state index contributed by atoms with van der Waals surface area (Å²) in [6.07, 6.45) is 2.96. The maximum absolute atomic E-state index is 13.2. The normalized spacial score (nSPS) is 23.9. The maximum Gasteiger partial charge on any atom is 0.338 e. The summed E-state index contributed by atoms with van der Waals surface area (Å²) in [5.41, 5.74) is 2.04. The Kier molecular flexibility index (Phi) is 5.99. The number of imide groups is 1. The van der Waals surface area contributed by atoms with E-state index in [1.165, 1.54) is 36.8 Å². The zero-order valence-electron chi connectivity index (χ0n) is 20.1. The number of benzene rings is 2. The third kappa shape index (κ3) is 3.90. The van der Waals surface area contributed by atoms with Crippen molar-refractivity contribution >= 4 is 35.1 Å². The molecule has 0 radical (unpaired) electrons. The number of nitrogens with zero attached hydrogens (tertiary/aromatic N) is 1. The van der Waals surface area contributed by atoms with Crippen molar-refractivity contribution in [1.29, 1.82) is 0 Å². The van der Waals surface area contributed by atoms with Crippen LogP contribution >= 0.6 is 0 Å². The average Bonchev–Trinajstić information content (AvgIpc) is 3.52. The van der Waals surface area contributed by atoms with E-state index in [-0.39, 0.29) is 41.0 Å². The molecule has 4 atom stereocenters. The summed E-state index contributed by atoms with van der Waals surface area (Å²) >= 11 is 0. The van der Waals surface area contributed by atoms with E-state index in [0.717, 1.165) is 6.42 Å². The molecule has 36 heavy (non-hydrogen) atoms. The highest BCUT2D eigenvalue weighted by Crippen LogP contribution is 2.55. The van der Waals surface area contributed by atoms with Crippen molar-refractivity contribution in [1.82, 2.24) is 0 Å². The molecule has 0 spiro atoms. The number of nitrogens with one attached hydrogen (secondary N) is 1. The molecule has 2 bridgehead atoms. The van der Waals surface area contributed by atoms with Gasteiger partial charge in [-0.15, -0.1) is 0 Å². The first kappa shape index (κ1) is 23.6. The van der Waals surface area contributed by atoms with Gasteiger partial charge < -0.3 is 19.5 Å². The Bertz CT molecular complexity index is 1300. The lowest BCUT2D eigenvalue weighted by Gasteiger charge is -2.19. The highest BCUT2D eigenvalue weighted by atomic mass is 16.5. The van der Waals surface area contributed by atoms with Gasteiger partial charge in [-0.2, -0.15) is 0 Å². The van der Waals surface area contributed by atoms with Crippen LogP contribution in [0.5, 0.6) is 11.5 Å². The van der Waals surface area contributed by atoms with Gasteiger partial charge in [-0.25, -0.2) is 9.69 Å². The lowest BCUT2D eigenvalue weighted by atomic mass is 9.82. The molecule has 2 fully saturated rings. The fourth-order valence-corrected chi connectivity index (χ4v) is 5.60. The predicted octanol–water partition coefficient (Wildman–Crippen LogP) is 3.20. The van der Waals surface area contributed by atoms with Crippen molar-refractivity contribution in [2.45, 2.75) is 13.3 Å². The van der Waals surface area contributed by atoms with E-state index in [2.05, 4.69) is 11.4 Å². The summed E-state index contributed by atoms with van der Waals surface area (Å²) in [7, 11) is 2.98. The zero-order valence-corrected chi connectivity index (χ0v) is 20.1. The molecule has 3 amide bonds. The number of hydrogen-bond donors (Lipinski definition) is 1. The van der Waals surface area contributed by atoms with Crippen LogP contribution in [0.1, 0.15) is 23.7 Å². The van der Waals surface area contributed by atoms with E-state index >= 15 is 0 Å². The molecule has 1 aliphatic heterocycles. The summed E-state index contributed by atoms with van der Waals surface area (Å²) in [6, 6.07) is 11.1. The zero-order chi connectivity index (χ0) is 25.6. The quantitative estimate of drug-likeness (QED) is 0.360. The van der Waals surface area contributed by atoms with E-state index in [1.54, 1.807) is 30.3 Å². The molecule has 1 N–H and O–H groups in total. The smallest absolute Gasteiger partial charge is 0.338 e. The molecule has 0 aromatic heterocycles. The monoisotopic (exact) mass is 490 g/mol. The number of amides is 3. The summed E-state index contributed by atoms with van der Waals surface area (Å²) in [4.78, 5) is 52.5. The summed E-state index contributed by atoms with van der Waals surface area (Å²) in [5.74, 6) is -1.25. The van der Waals surface area contributed by atoms with Crippen LogP contribution in [0, 0.1) is 23.7 Å². The first-order valence-corrected chi connectivity index (χ1v) is 11.7. The first-order chi connectivity index (χ1) is 17.3. The molecule has 0 unspecified atom stereocenters. The molecule has 186 valence electrons. The number of hydrogen-bond acceptors (Lipinski definition) is 7. The second-order valence-corrected chi connectivity index (χ2v) is 9.22. The molecule has 1 heterocycles. The molecular formula is C27H26N2O7. The van der Waals surface area contributed by atoms with Crippen LogP contribution in [0.25, 0.3) is 0 Å². The number of rotatable bonds is 7. The van der Waals surface area contributed by atoms with Crippen LogP contribution in [0.15, 0.2) is 54.1 Å². The topological polar surface area (TPSA) is 111 Å². The minimum Gasteiger partial charge on any atom is -0.497 e. The average molecular weight is 491 g/mol. The summed E-state index contributed by atoms with van der Waals surface area (Å²) in [6.45, 7) is 1.48. The molecule has 9 heteroatoms. The van der Waals surface area contributed by atoms with Gasteiger partial charge in [0.15, 0.2) is 6.61 Å². The fourth-order valence-electron chi connectivity index (χ4n) is 5.60. The van der Waals surface area contributed by atoms with Gasteiger partial charge in [0.05, 0.1) is 43.0 Å². The van der Waals surface area contributed by atoms with E-state index in [4.69, 9.17) is 14.2 Å². The maximum atomic E-state index is 13.2. The second kappa shape index (κ2) is 9.14. The Balaban J connectivity index is 1.24. The molecule has 1 saturated heterocycles. The van der Waals surface area contributed by atoms with Gasteiger partial charge in [0, 0.05) is 6.07 Å². The van der Waals surface area contributed by atoms with Crippen molar-refractivity contribution < 1.29 is 33.4 Å². The fraction of sp³-hybridized carbons (Fsp3) is 0.333. The Morgan fingerprint density at radius 1 is 1.03 bits per heavy atom. The van der Waals surface area contributed by atoms with Gasteiger partial charge in [-0.1, -0.05) is 17.7 Å². The Hall–Kier alpha value is -4.14. The lowest BCUT2D eigenvalue weighted by molar-refractivity contribution is -0.123. The Labute approximate surface area is 208 Å². The van der Waals surface area contributed by atoms with E-state index in [1.807, 2.05) is 6.92 Å². The molecule has 2 aliphatic carbocycles. The molecule has 2 aromatic carbocycles. The molecule has 2 aromatic rings. The largest absolute Gasteiger partial charge is 0.497 e. The van der Waals surface area contributed by atoms with Gasteiger partial charge in [0.1, 0.15) is 11.5 Å². The molecule has 1 saturated carbocycles. The third-order valence-corrected chi connectivity index (χ3v) is 7.24. The minimum atomic E-state index is -0.745. The van der Waals surface area contributed by atoms with Crippen LogP contribution in [-0.4, -0.2) is 44.5 Å². The van der Waals surface area contributed by atoms with Crippen molar-refractivity contribution in [2.24, 2.45) is 23.7 Å². The highest BCUT2D eigenvalue weighted by Gasteiger charge is 2.60. The molecular weight excluding hydrogens is 464 g/mol. The standard InChI is InChI=1S/C27H26N2O7/c1-14-9-16-11-19(14)24-23(16)25(31)29(26(24)32)17-6-4-5-15(10-17)27(33)36-13-22(30)28-20-8-7-18(34-2)12-21(20)35-3/h4-10,12,16,19,23-24H,11,13H2,1-3H3,(H,28,30)/t16-,19+,23-,24+/m0/s1. The molecule has 9 nitrogen and oxygen atoms in total. The van der Waals surface area contributed by atoms with Gasteiger partial charge >= 0.3 is 5.97 Å². The van der Waals surface area contributed by atoms with Crippen molar-refractivity contribution in [3.8, 4) is 11.5 Å². The number of ether oxygens (including phenoxy) is 3. The Morgan fingerprint density at radius 2 is 1.81 bits per heavy atom. The van der Waals surface area contributed by atoms with Crippen LogP contribution in [0.4, 0.5) is 11.4 Å². The van der Waals surface area contributed by atoms with Crippen molar-refractivity contribution in [3.05, 3.63) is 59.7 Å². The van der Waals surface area contributed by atoms with Gasteiger partial charge in [0.25, 0.3) is 5.91 Å². The lowest BCUT2D eigenvalue weighted by Crippen LogP contribution is -2.33.